The number of carbonyl (C=O) groups excluding carboxylic acids is 1. The lowest BCUT2D eigenvalue weighted by Gasteiger charge is -2.00. The maximum absolute atomic E-state index is 11.1. The van der Waals surface area contributed by atoms with Crippen LogP contribution in [-0.2, 0) is 16.1 Å². The number of ether oxygens (including phenoxy) is 1. The van der Waals surface area contributed by atoms with Crippen molar-refractivity contribution in [3.63, 3.8) is 0 Å². The van der Waals surface area contributed by atoms with Gasteiger partial charge in [0.1, 0.15) is 6.61 Å². The highest BCUT2D eigenvalue weighted by molar-refractivity contribution is 5.82. The van der Waals surface area contributed by atoms with Gasteiger partial charge in [0.25, 0.3) is 0 Å². The van der Waals surface area contributed by atoms with Crippen molar-refractivity contribution in [3.8, 4) is 0 Å². The Bertz CT molecular complexity index is 355. The first-order valence-electron chi connectivity index (χ1n) is 4.68. The normalized spacial score (nSPS) is 11.0. The van der Waals surface area contributed by atoms with E-state index >= 15 is 0 Å². The van der Waals surface area contributed by atoms with Crippen LogP contribution >= 0.6 is 0 Å². The summed E-state index contributed by atoms with van der Waals surface area (Å²) in [6.45, 7) is 2.14. The number of nitrogens with zero attached hydrogens (tertiary/aromatic N) is 1. The summed E-state index contributed by atoms with van der Waals surface area (Å²) < 4.78 is 4.98. The molecular formula is C12H13NO2. The van der Waals surface area contributed by atoms with Crippen LogP contribution in [0, 0.1) is 0 Å². The zero-order valence-electron chi connectivity index (χ0n) is 8.59. The Morgan fingerprint density at radius 2 is 2.40 bits per heavy atom. The SMILES string of the molecule is CC=CC=CC(=O)OCc1cccnc1. The molecule has 1 aromatic rings. The van der Waals surface area contributed by atoms with Crippen LogP contribution < -0.4 is 0 Å². The largest absolute Gasteiger partial charge is 0.458 e. The molecule has 0 saturated carbocycles. The van der Waals surface area contributed by atoms with Crippen LogP contribution in [0.2, 0.25) is 0 Å². The standard InChI is InChI=1S/C12H13NO2/c1-2-3-4-7-12(14)15-10-11-6-5-8-13-9-11/h2-9H,10H2,1H3. The summed E-state index contributed by atoms with van der Waals surface area (Å²) in [5.41, 5.74) is 0.880. The highest BCUT2D eigenvalue weighted by Crippen LogP contribution is 1.98. The molecule has 0 N–H and O–H groups in total. The molecule has 0 saturated heterocycles. The van der Waals surface area contributed by atoms with E-state index in [0.29, 0.717) is 0 Å². The number of esters is 1. The smallest absolute Gasteiger partial charge is 0.331 e. The predicted octanol–water partition coefficient (Wildman–Crippen LogP) is 2.26. The third-order valence-corrected chi connectivity index (χ3v) is 1.64. The molecule has 0 spiro atoms. The highest BCUT2D eigenvalue weighted by Gasteiger charge is 1.97. The van der Waals surface area contributed by atoms with E-state index in [1.807, 2.05) is 19.1 Å². The Labute approximate surface area is 89.1 Å². The van der Waals surface area contributed by atoms with E-state index < -0.39 is 0 Å². The van der Waals surface area contributed by atoms with Crippen molar-refractivity contribution in [2.45, 2.75) is 13.5 Å². The number of hydrogen-bond donors (Lipinski definition) is 0. The van der Waals surface area contributed by atoms with Crippen molar-refractivity contribution in [2.75, 3.05) is 0 Å². The Morgan fingerprint density at radius 3 is 3.07 bits per heavy atom. The van der Waals surface area contributed by atoms with Gasteiger partial charge in [0.2, 0.25) is 0 Å². The zero-order valence-corrected chi connectivity index (χ0v) is 8.59. The molecule has 1 aromatic heterocycles. The lowest BCUT2D eigenvalue weighted by molar-refractivity contribution is -0.139. The van der Waals surface area contributed by atoms with Crippen molar-refractivity contribution in [1.29, 1.82) is 0 Å². The number of allylic oxidation sites excluding steroid dienone is 3. The molecular weight excluding hydrogens is 190 g/mol. The summed E-state index contributed by atoms with van der Waals surface area (Å²) >= 11 is 0. The van der Waals surface area contributed by atoms with Crippen molar-refractivity contribution < 1.29 is 9.53 Å². The molecule has 0 aliphatic carbocycles. The minimum absolute atomic E-state index is 0.257. The fourth-order valence-corrected chi connectivity index (χ4v) is 0.931. The molecule has 0 bridgehead atoms. The number of pyridine rings is 1. The van der Waals surface area contributed by atoms with Gasteiger partial charge in [0.15, 0.2) is 0 Å². The molecule has 1 rings (SSSR count). The fraction of sp³-hybridized carbons (Fsp3) is 0.167. The molecule has 0 aliphatic heterocycles. The number of rotatable bonds is 4. The van der Waals surface area contributed by atoms with Gasteiger partial charge in [-0.05, 0) is 13.0 Å². The van der Waals surface area contributed by atoms with Crippen LogP contribution in [0.4, 0.5) is 0 Å². The van der Waals surface area contributed by atoms with Crippen molar-refractivity contribution in [2.24, 2.45) is 0 Å². The molecule has 0 fully saturated rings. The maximum atomic E-state index is 11.1. The average molecular weight is 203 g/mol. The summed E-state index contributed by atoms with van der Waals surface area (Å²) in [6, 6.07) is 3.66. The van der Waals surface area contributed by atoms with E-state index in [-0.39, 0.29) is 12.6 Å². The summed E-state index contributed by atoms with van der Waals surface area (Å²) in [7, 11) is 0. The van der Waals surface area contributed by atoms with Gasteiger partial charge < -0.3 is 4.74 Å². The molecule has 3 heteroatoms. The first-order chi connectivity index (χ1) is 7.33. The van der Waals surface area contributed by atoms with E-state index in [4.69, 9.17) is 4.74 Å². The second kappa shape index (κ2) is 6.54. The van der Waals surface area contributed by atoms with Crippen LogP contribution in [-0.4, -0.2) is 11.0 Å². The third-order valence-electron chi connectivity index (χ3n) is 1.64. The lowest BCUT2D eigenvalue weighted by atomic mass is 10.3. The third kappa shape index (κ3) is 4.76. The second-order valence-electron chi connectivity index (χ2n) is 2.85. The first-order valence-corrected chi connectivity index (χ1v) is 4.68. The van der Waals surface area contributed by atoms with Gasteiger partial charge in [-0.3, -0.25) is 4.98 Å². The van der Waals surface area contributed by atoms with Gasteiger partial charge >= 0.3 is 5.97 Å². The summed E-state index contributed by atoms with van der Waals surface area (Å²) in [6.07, 6.45) is 9.98. The topological polar surface area (TPSA) is 39.2 Å². The molecule has 0 aliphatic rings. The lowest BCUT2D eigenvalue weighted by Crippen LogP contribution is -2.00. The minimum Gasteiger partial charge on any atom is -0.458 e. The van der Waals surface area contributed by atoms with Gasteiger partial charge in [0.05, 0.1) is 0 Å². The van der Waals surface area contributed by atoms with Crippen LogP contribution in [0.1, 0.15) is 12.5 Å². The number of carbonyl (C=O) groups is 1. The van der Waals surface area contributed by atoms with E-state index in [2.05, 4.69) is 4.98 Å². The Kier molecular flexibility index (Phi) is 4.87. The van der Waals surface area contributed by atoms with Crippen LogP contribution in [0.25, 0.3) is 0 Å². The Balaban J connectivity index is 2.35. The summed E-state index contributed by atoms with van der Waals surface area (Å²) in [4.78, 5) is 15.0. The van der Waals surface area contributed by atoms with Gasteiger partial charge in [-0.25, -0.2) is 4.79 Å². The van der Waals surface area contributed by atoms with E-state index in [9.17, 15) is 4.79 Å². The number of hydrogen-bond acceptors (Lipinski definition) is 3. The molecule has 15 heavy (non-hydrogen) atoms. The van der Waals surface area contributed by atoms with Gasteiger partial charge in [-0.1, -0.05) is 24.3 Å². The summed E-state index contributed by atoms with van der Waals surface area (Å²) in [5.74, 6) is -0.350. The molecule has 0 aromatic carbocycles. The van der Waals surface area contributed by atoms with Gasteiger partial charge in [0, 0.05) is 24.0 Å². The maximum Gasteiger partial charge on any atom is 0.331 e. The molecule has 0 radical (unpaired) electrons. The average Bonchev–Trinajstić information content (AvgIpc) is 2.28. The summed E-state index contributed by atoms with van der Waals surface area (Å²) in [5, 5.41) is 0. The quantitative estimate of drug-likeness (QED) is 0.428. The second-order valence-corrected chi connectivity index (χ2v) is 2.85. The Hall–Kier alpha value is -1.90. The van der Waals surface area contributed by atoms with E-state index in [0.717, 1.165) is 5.56 Å². The van der Waals surface area contributed by atoms with Crippen molar-refractivity contribution >= 4 is 5.97 Å². The Morgan fingerprint density at radius 1 is 1.53 bits per heavy atom. The monoisotopic (exact) mass is 203 g/mol. The van der Waals surface area contributed by atoms with E-state index in [1.54, 1.807) is 30.6 Å². The predicted molar refractivity (Wildman–Crippen MR) is 58.0 cm³/mol. The van der Waals surface area contributed by atoms with Gasteiger partial charge in [-0.2, -0.15) is 0 Å². The van der Waals surface area contributed by atoms with Crippen LogP contribution in [0.3, 0.4) is 0 Å². The molecule has 1 heterocycles. The molecule has 3 nitrogen and oxygen atoms in total. The molecule has 78 valence electrons. The number of aromatic nitrogens is 1. The highest BCUT2D eigenvalue weighted by atomic mass is 16.5. The molecule has 0 atom stereocenters. The molecule has 0 amide bonds. The van der Waals surface area contributed by atoms with Crippen molar-refractivity contribution in [1.82, 2.24) is 4.98 Å². The zero-order chi connectivity index (χ0) is 10.9. The molecule has 0 unspecified atom stereocenters. The van der Waals surface area contributed by atoms with Gasteiger partial charge in [-0.15, -0.1) is 0 Å². The van der Waals surface area contributed by atoms with E-state index in [1.165, 1.54) is 6.08 Å². The van der Waals surface area contributed by atoms with Crippen molar-refractivity contribution in [3.05, 3.63) is 54.4 Å². The van der Waals surface area contributed by atoms with Crippen LogP contribution in [0.5, 0.6) is 0 Å². The van der Waals surface area contributed by atoms with Crippen LogP contribution in [0.15, 0.2) is 48.8 Å². The first kappa shape index (κ1) is 11.2. The minimum atomic E-state index is -0.350. The fourth-order valence-electron chi connectivity index (χ4n) is 0.931.